The van der Waals surface area contributed by atoms with Gasteiger partial charge in [0.15, 0.2) is 5.69 Å². The van der Waals surface area contributed by atoms with Crippen molar-refractivity contribution in [3.8, 4) is 0 Å². The minimum atomic E-state index is -0.250. The predicted octanol–water partition coefficient (Wildman–Crippen LogP) is 3.01. The molecule has 0 saturated carbocycles. The summed E-state index contributed by atoms with van der Waals surface area (Å²) in [6.45, 7) is 4.47. The van der Waals surface area contributed by atoms with Crippen molar-refractivity contribution < 1.29 is 4.79 Å². The van der Waals surface area contributed by atoms with E-state index in [9.17, 15) is 4.79 Å². The molecule has 1 amide bonds. The Labute approximate surface area is 163 Å². The Balaban J connectivity index is 1.49. The van der Waals surface area contributed by atoms with Crippen LogP contribution in [0.1, 0.15) is 40.3 Å². The van der Waals surface area contributed by atoms with Gasteiger partial charge in [-0.1, -0.05) is 47.7 Å². The lowest BCUT2D eigenvalue weighted by Crippen LogP contribution is -2.27. The molecule has 0 radical (unpaired) electrons. The second kappa shape index (κ2) is 7.26. The third-order valence-electron chi connectivity index (χ3n) is 5.07. The van der Waals surface area contributed by atoms with Crippen molar-refractivity contribution in [2.75, 3.05) is 0 Å². The number of carbonyl (C=O) groups is 1. The summed E-state index contributed by atoms with van der Waals surface area (Å²) in [6, 6.07) is 14.2. The Morgan fingerprint density at radius 1 is 1.18 bits per heavy atom. The second-order valence-corrected chi connectivity index (χ2v) is 6.94. The summed E-state index contributed by atoms with van der Waals surface area (Å²) in [5.41, 5.74) is 3.44. The number of nitrogens with zero attached hydrogens (tertiary/aromatic N) is 5. The van der Waals surface area contributed by atoms with E-state index in [1.807, 2.05) is 39.1 Å². The van der Waals surface area contributed by atoms with E-state index >= 15 is 0 Å². The molecule has 2 aromatic heterocycles. The van der Waals surface area contributed by atoms with Gasteiger partial charge in [-0.3, -0.25) is 9.48 Å². The van der Waals surface area contributed by atoms with Crippen LogP contribution >= 0.6 is 0 Å². The van der Waals surface area contributed by atoms with E-state index in [0.717, 1.165) is 16.8 Å². The summed E-state index contributed by atoms with van der Waals surface area (Å²) in [4.78, 5) is 12.6. The maximum Gasteiger partial charge on any atom is 0.273 e. The summed E-state index contributed by atoms with van der Waals surface area (Å²) in [6.07, 6.45) is 3.46. The number of aryl methyl sites for hydroxylation is 1. The van der Waals surface area contributed by atoms with Gasteiger partial charge in [0.25, 0.3) is 5.91 Å². The average Bonchev–Trinajstić information content (AvgIpc) is 3.29. The first-order valence-corrected chi connectivity index (χ1v) is 9.19. The molecule has 1 atom stereocenters. The average molecular weight is 374 g/mol. The van der Waals surface area contributed by atoms with Crippen LogP contribution in [0.25, 0.3) is 10.8 Å². The fourth-order valence-electron chi connectivity index (χ4n) is 3.37. The highest BCUT2D eigenvalue weighted by atomic mass is 16.2. The Kier molecular flexibility index (Phi) is 4.65. The summed E-state index contributed by atoms with van der Waals surface area (Å²) < 4.78 is 3.48. The third kappa shape index (κ3) is 3.38. The van der Waals surface area contributed by atoms with Gasteiger partial charge in [0.2, 0.25) is 0 Å². The third-order valence-corrected chi connectivity index (χ3v) is 5.07. The zero-order valence-electron chi connectivity index (χ0n) is 16.1. The number of carbonyl (C=O) groups excluding carboxylic acids is 1. The van der Waals surface area contributed by atoms with E-state index in [2.05, 4.69) is 45.0 Å². The molecule has 2 aromatic carbocycles. The standard InChI is InChI=1S/C21H22N6O/c1-14(19-11-22-26(3)15(19)2)23-21(28)20-13-27(25-24-20)12-17-9-6-8-16-7-4-5-10-18(16)17/h4-11,13-14H,12H2,1-3H3,(H,23,28). The quantitative estimate of drug-likeness (QED) is 0.582. The van der Waals surface area contributed by atoms with Gasteiger partial charge in [-0.15, -0.1) is 5.10 Å². The molecule has 0 saturated heterocycles. The Hall–Kier alpha value is -3.48. The molecule has 0 spiro atoms. The molecule has 0 aliphatic carbocycles. The highest BCUT2D eigenvalue weighted by Gasteiger charge is 2.18. The van der Waals surface area contributed by atoms with Crippen LogP contribution in [0.5, 0.6) is 0 Å². The van der Waals surface area contributed by atoms with Gasteiger partial charge < -0.3 is 5.32 Å². The van der Waals surface area contributed by atoms with Crippen LogP contribution in [0.2, 0.25) is 0 Å². The topological polar surface area (TPSA) is 77.6 Å². The zero-order valence-corrected chi connectivity index (χ0v) is 16.1. The van der Waals surface area contributed by atoms with Crippen LogP contribution in [0, 0.1) is 6.92 Å². The van der Waals surface area contributed by atoms with Crippen LogP contribution in [-0.2, 0) is 13.6 Å². The molecule has 28 heavy (non-hydrogen) atoms. The van der Waals surface area contributed by atoms with Gasteiger partial charge in [0.1, 0.15) is 0 Å². The zero-order chi connectivity index (χ0) is 19.7. The van der Waals surface area contributed by atoms with Crippen molar-refractivity contribution >= 4 is 16.7 Å². The van der Waals surface area contributed by atoms with Gasteiger partial charge >= 0.3 is 0 Å². The van der Waals surface area contributed by atoms with Gasteiger partial charge in [0, 0.05) is 18.3 Å². The maximum atomic E-state index is 12.6. The maximum absolute atomic E-state index is 12.6. The number of benzene rings is 2. The normalized spacial score (nSPS) is 12.2. The smallest absolute Gasteiger partial charge is 0.273 e. The highest BCUT2D eigenvalue weighted by Crippen LogP contribution is 2.19. The molecule has 7 nitrogen and oxygen atoms in total. The Morgan fingerprint density at radius 3 is 2.75 bits per heavy atom. The lowest BCUT2D eigenvalue weighted by Gasteiger charge is -2.12. The number of fused-ring (bicyclic) bond motifs is 1. The summed E-state index contributed by atoms with van der Waals surface area (Å²) in [7, 11) is 1.88. The van der Waals surface area contributed by atoms with Crippen molar-refractivity contribution in [3.63, 3.8) is 0 Å². The van der Waals surface area contributed by atoms with Crippen LogP contribution in [0.15, 0.2) is 54.9 Å². The SMILES string of the molecule is Cc1c(C(C)NC(=O)c2cn(Cc3cccc4ccccc34)nn2)cnn1C. The molecule has 1 N–H and O–H groups in total. The Bertz CT molecular complexity index is 1140. The number of hydrogen-bond acceptors (Lipinski definition) is 4. The minimum absolute atomic E-state index is 0.163. The van der Waals surface area contributed by atoms with Crippen molar-refractivity contribution in [3.05, 3.63) is 77.4 Å². The van der Waals surface area contributed by atoms with E-state index in [4.69, 9.17) is 0 Å². The molecule has 0 aliphatic rings. The van der Waals surface area contributed by atoms with Crippen molar-refractivity contribution in [2.24, 2.45) is 7.05 Å². The summed E-state index contributed by atoms with van der Waals surface area (Å²) in [5, 5.41) is 17.7. The lowest BCUT2D eigenvalue weighted by molar-refractivity contribution is 0.0934. The van der Waals surface area contributed by atoms with Crippen molar-refractivity contribution in [2.45, 2.75) is 26.4 Å². The van der Waals surface area contributed by atoms with E-state index in [1.165, 1.54) is 10.8 Å². The van der Waals surface area contributed by atoms with E-state index in [-0.39, 0.29) is 11.9 Å². The largest absolute Gasteiger partial charge is 0.344 e. The van der Waals surface area contributed by atoms with Gasteiger partial charge in [-0.25, -0.2) is 4.68 Å². The van der Waals surface area contributed by atoms with Crippen molar-refractivity contribution in [1.82, 2.24) is 30.1 Å². The fourth-order valence-corrected chi connectivity index (χ4v) is 3.37. The molecule has 0 fully saturated rings. The minimum Gasteiger partial charge on any atom is -0.344 e. The van der Waals surface area contributed by atoms with E-state index in [0.29, 0.717) is 12.2 Å². The summed E-state index contributed by atoms with van der Waals surface area (Å²) >= 11 is 0. The number of aromatic nitrogens is 5. The molecular formula is C21H22N6O. The molecule has 7 heteroatoms. The Morgan fingerprint density at radius 2 is 1.96 bits per heavy atom. The molecule has 1 unspecified atom stereocenters. The molecule has 0 bridgehead atoms. The van der Waals surface area contributed by atoms with Crippen LogP contribution in [0.3, 0.4) is 0 Å². The second-order valence-electron chi connectivity index (χ2n) is 6.94. The van der Waals surface area contributed by atoms with Crippen LogP contribution < -0.4 is 5.32 Å². The van der Waals surface area contributed by atoms with Crippen LogP contribution in [0.4, 0.5) is 0 Å². The van der Waals surface area contributed by atoms with E-state index < -0.39 is 0 Å². The number of amides is 1. The summed E-state index contributed by atoms with van der Waals surface area (Å²) in [5.74, 6) is -0.250. The van der Waals surface area contributed by atoms with Gasteiger partial charge in [-0.05, 0) is 30.2 Å². The predicted molar refractivity (Wildman–Crippen MR) is 107 cm³/mol. The highest BCUT2D eigenvalue weighted by molar-refractivity contribution is 5.92. The van der Waals surface area contributed by atoms with Gasteiger partial charge in [0.05, 0.1) is 25.0 Å². The number of rotatable bonds is 5. The monoisotopic (exact) mass is 374 g/mol. The van der Waals surface area contributed by atoms with Crippen LogP contribution in [-0.4, -0.2) is 30.7 Å². The van der Waals surface area contributed by atoms with E-state index in [1.54, 1.807) is 21.8 Å². The number of nitrogens with one attached hydrogen (secondary N) is 1. The first kappa shape index (κ1) is 17.9. The molecule has 4 aromatic rings. The molecule has 0 aliphatic heterocycles. The molecule has 142 valence electrons. The molecular weight excluding hydrogens is 352 g/mol. The first-order chi connectivity index (χ1) is 13.5. The van der Waals surface area contributed by atoms with Gasteiger partial charge in [-0.2, -0.15) is 5.10 Å². The first-order valence-electron chi connectivity index (χ1n) is 9.19. The number of hydrogen-bond donors (Lipinski definition) is 1. The lowest BCUT2D eigenvalue weighted by atomic mass is 10.0. The van der Waals surface area contributed by atoms with Crippen molar-refractivity contribution in [1.29, 1.82) is 0 Å². The fraction of sp³-hybridized carbons (Fsp3) is 0.238. The molecule has 2 heterocycles. The molecule has 4 rings (SSSR count).